The molecule has 2 N–H and O–H groups in total. The van der Waals surface area contributed by atoms with Gasteiger partial charge in [-0.2, -0.15) is 0 Å². The molecule has 5 atom stereocenters. The summed E-state index contributed by atoms with van der Waals surface area (Å²) in [6.07, 6.45) is 2.03. The smallest absolute Gasteiger partial charge is 0.229 e. The van der Waals surface area contributed by atoms with Crippen LogP contribution in [0.15, 0.2) is 12.4 Å². The van der Waals surface area contributed by atoms with Crippen LogP contribution in [0.1, 0.15) is 40.2 Å². The fourth-order valence-corrected chi connectivity index (χ4v) is 5.50. The maximum atomic E-state index is 13.0. The second-order valence-electron chi connectivity index (χ2n) is 8.57. The summed E-state index contributed by atoms with van der Waals surface area (Å²) in [7, 11) is 0. The van der Waals surface area contributed by atoms with E-state index in [1.165, 1.54) is 0 Å². The van der Waals surface area contributed by atoms with Crippen molar-refractivity contribution in [2.24, 2.45) is 11.3 Å². The Bertz CT molecular complexity index is 992. The van der Waals surface area contributed by atoms with E-state index < -0.39 is 11.2 Å². The van der Waals surface area contributed by atoms with Gasteiger partial charge in [0.2, 0.25) is 5.91 Å². The number of aromatic nitrogens is 3. The van der Waals surface area contributed by atoms with Crippen LogP contribution < -0.4 is 10.6 Å². The molecule has 1 saturated heterocycles. The second kappa shape index (κ2) is 6.30. The molecule has 5 rings (SSSR count). The molecule has 2 aromatic heterocycles. The van der Waals surface area contributed by atoms with E-state index >= 15 is 0 Å². The van der Waals surface area contributed by atoms with Crippen LogP contribution in [0.4, 0.5) is 5.69 Å². The number of carbonyl (C=O) groups excluding carboxylic acids is 1. The molecule has 0 bridgehead atoms. The molecule has 3 aliphatic rings. The van der Waals surface area contributed by atoms with Gasteiger partial charge in [-0.25, -0.2) is 9.97 Å². The van der Waals surface area contributed by atoms with Gasteiger partial charge in [0.25, 0.3) is 0 Å². The Balaban J connectivity index is 1.61. The first-order chi connectivity index (χ1) is 13.8. The normalized spacial score (nSPS) is 34.1. The molecule has 8 nitrogen and oxygen atoms in total. The van der Waals surface area contributed by atoms with Crippen molar-refractivity contribution >= 4 is 34.4 Å². The largest absolute Gasteiger partial charge is 0.383 e. The van der Waals surface area contributed by atoms with E-state index in [1.807, 2.05) is 32.3 Å². The molecule has 0 spiro atoms. The highest BCUT2D eigenvalue weighted by Gasteiger charge is 2.79. The van der Waals surface area contributed by atoms with Crippen LogP contribution >= 0.6 is 11.6 Å². The SMILES string of the molecule is CCNC(=O)[C@@]12C[C@@H]1[C@@H](n1cnc3c(NCC)cc(Cl)nc31)[C@@H]1OC(C)(C)O[C@@H]12. The number of ether oxygens (including phenoxy) is 2. The van der Waals surface area contributed by atoms with Crippen LogP contribution in [0.25, 0.3) is 11.2 Å². The molecule has 1 aliphatic heterocycles. The Morgan fingerprint density at radius 1 is 1.34 bits per heavy atom. The fraction of sp³-hybridized carbons (Fsp3) is 0.650. The average molecular weight is 420 g/mol. The van der Waals surface area contributed by atoms with Crippen LogP contribution in [0, 0.1) is 11.3 Å². The van der Waals surface area contributed by atoms with Gasteiger partial charge < -0.3 is 24.7 Å². The number of pyridine rings is 1. The van der Waals surface area contributed by atoms with Crippen molar-refractivity contribution in [1.82, 2.24) is 19.9 Å². The van der Waals surface area contributed by atoms with Crippen LogP contribution in [0.3, 0.4) is 0 Å². The molecule has 29 heavy (non-hydrogen) atoms. The van der Waals surface area contributed by atoms with Gasteiger partial charge in [-0.3, -0.25) is 4.79 Å². The van der Waals surface area contributed by atoms with Crippen molar-refractivity contribution in [3.05, 3.63) is 17.5 Å². The van der Waals surface area contributed by atoms with Gasteiger partial charge in [-0.15, -0.1) is 0 Å². The Labute approximate surface area is 174 Å². The number of carbonyl (C=O) groups is 1. The van der Waals surface area contributed by atoms with Crippen LogP contribution in [0.5, 0.6) is 0 Å². The minimum absolute atomic E-state index is 0.0487. The predicted octanol–water partition coefficient (Wildman–Crippen LogP) is 2.73. The zero-order valence-electron chi connectivity index (χ0n) is 17.0. The Hall–Kier alpha value is -1.90. The van der Waals surface area contributed by atoms with E-state index in [0.29, 0.717) is 17.3 Å². The highest BCUT2D eigenvalue weighted by Crippen LogP contribution is 2.71. The molecule has 156 valence electrons. The molecule has 3 heterocycles. The highest BCUT2D eigenvalue weighted by atomic mass is 35.5. The van der Waals surface area contributed by atoms with Gasteiger partial charge in [0.15, 0.2) is 11.4 Å². The van der Waals surface area contributed by atoms with Gasteiger partial charge in [0.05, 0.1) is 23.5 Å². The first-order valence-corrected chi connectivity index (χ1v) is 10.6. The zero-order valence-corrected chi connectivity index (χ0v) is 17.8. The summed E-state index contributed by atoms with van der Waals surface area (Å²) in [5, 5.41) is 6.70. The third-order valence-corrected chi connectivity index (χ3v) is 6.59. The number of rotatable bonds is 5. The van der Waals surface area contributed by atoms with Gasteiger partial charge >= 0.3 is 0 Å². The standard InChI is InChI=1S/C20H26ClN5O3/c1-5-22-11-7-12(21)25-17-13(11)24-9-26(17)14-10-8-20(10,18(27)23-6-2)16-15(14)28-19(3,4)29-16/h7,9-10,14-16H,5-6,8H2,1-4H3,(H,22,25)(H,23,27)/t10-,14-,15+,16+,20+/m1/s1. The lowest BCUT2D eigenvalue weighted by Crippen LogP contribution is -2.41. The molecule has 0 radical (unpaired) electrons. The molecular weight excluding hydrogens is 394 g/mol. The summed E-state index contributed by atoms with van der Waals surface area (Å²) in [5.41, 5.74) is 1.76. The topological polar surface area (TPSA) is 90.3 Å². The minimum atomic E-state index is -0.739. The zero-order chi connectivity index (χ0) is 20.6. The molecule has 1 amide bonds. The first-order valence-electron chi connectivity index (χ1n) is 10.2. The molecule has 0 aromatic carbocycles. The van der Waals surface area contributed by atoms with Crippen LogP contribution in [0.2, 0.25) is 5.15 Å². The number of halogens is 1. The lowest BCUT2D eigenvalue weighted by Gasteiger charge is -2.24. The summed E-state index contributed by atoms with van der Waals surface area (Å²) in [6, 6.07) is 1.70. The van der Waals surface area contributed by atoms with Crippen LogP contribution in [-0.2, 0) is 14.3 Å². The Morgan fingerprint density at radius 2 is 2.14 bits per heavy atom. The van der Waals surface area contributed by atoms with E-state index in [2.05, 4.69) is 20.6 Å². The highest BCUT2D eigenvalue weighted by molar-refractivity contribution is 6.30. The third-order valence-electron chi connectivity index (χ3n) is 6.39. The van der Waals surface area contributed by atoms with Crippen molar-refractivity contribution in [2.75, 3.05) is 18.4 Å². The molecule has 2 aliphatic carbocycles. The van der Waals surface area contributed by atoms with E-state index in [-0.39, 0.29) is 30.1 Å². The van der Waals surface area contributed by atoms with Gasteiger partial charge in [0, 0.05) is 25.1 Å². The quantitative estimate of drug-likeness (QED) is 0.724. The maximum Gasteiger partial charge on any atom is 0.229 e. The van der Waals surface area contributed by atoms with E-state index in [9.17, 15) is 4.79 Å². The maximum absolute atomic E-state index is 13.0. The molecule has 9 heteroatoms. The van der Waals surface area contributed by atoms with Crippen molar-refractivity contribution in [3.8, 4) is 0 Å². The summed E-state index contributed by atoms with van der Waals surface area (Å²) < 4.78 is 14.6. The van der Waals surface area contributed by atoms with Crippen molar-refractivity contribution in [2.45, 2.75) is 58.2 Å². The third kappa shape index (κ3) is 2.62. The summed E-state index contributed by atoms with van der Waals surface area (Å²) >= 11 is 6.31. The van der Waals surface area contributed by atoms with Gasteiger partial charge in [-0.05, 0) is 34.1 Å². The molecule has 2 aromatic rings. The second-order valence-corrected chi connectivity index (χ2v) is 8.96. The number of hydrogen-bond donors (Lipinski definition) is 2. The number of imidazole rings is 1. The van der Waals surface area contributed by atoms with Gasteiger partial charge in [-0.1, -0.05) is 11.6 Å². The van der Waals surface area contributed by atoms with E-state index in [4.69, 9.17) is 21.1 Å². The summed E-state index contributed by atoms with van der Waals surface area (Å²) in [5.74, 6) is -0.578. The number of nitrogens with zero attached hydrogens (tertiary/aromatic N) is 3. The molecule has 3 fully saturated rings. The number of anilines is 1. The number of fused-ring (bicyclic) bond motifs is 4. The van der Waals surface area contributed by atoms with Crippen LogP contribution in [-0.4, -0.2) is 51.5 Å². The predicted molar refractivity (Wildman–Crippen MR) is 109 cm³/mol. The molecule has 2 saturated carbocycles. The fourth-order valence-electron chi connectivity index (χ4n) is 5.31. The Morgan fingerprint density at radius 3 is 2.86 bits per heavy atom. The van der Waals surface area contributed by atoms with E-state index in [0.717, 1.165) is 24.2 Å². The number of nitrogens with one attached hydrogen (secondary N) is 2. The van der Waals surface area contributed by atoms with E-state index in [1.54, 1.807) is 12.4 Å². The minimum Gasteiger partial charge on any atom is -0.383 e. The average Bonchev–Trinajstić information content (AvgIpc) is 2.97. The summed E-state index contributed by atoms with van der Waals surface area (Å²) in [4.78, 5) is 22.2. The monoisotopic (exact) mass is 419 g/mol. The van der Waals surface area contributed by atoms with Crippen molar-refractivity contribution in [1.29, 1.82) is 0 Å². The molecular formula is C20H26ClN5O3. The lowest BCUT2D eigenvalue weighted by atomic mass is 9.98. The van der Waals surface area contributed by atoms with Crippen molar-refractivity contribution < 1.29 is 14.3 Å². The number of hydrogen-bond acceptors (Lipinski definition) is 6. The summed E-state index contributed by atoms with van der Waals surface area (Å²) in [6.45, 7) is 9.10. The Kier molecular flexibility index (Phi) is 4.14. The molecule has 0 unspecified atom stereocenters. The van der Waals surface area contributed by atoms with Crippen molar-refractivity contribution in [3.63, 3.8) is 0 Å². The first kappa shape index (κ1) is 19.1. The number of amides is 1. The van der Waals surface area contributed by atoms with Gasteiger partial charge in [0.1, 0.15) is 22.9 Å². The lowest BCUT2D eigenvalue weighted by molar-refractivity contribution is -0.164.